The molecule has 0 atom stereocenters. The molecule has 0 bridgehead atoms. The number of amides is 2. The van der Waals surface area contributed by atoms with Crippen molar-refractivity contribution in [2.75, 3.05) is 17.6 Å². The van der Waals surface area contributed by atoms with Crippen molar-refractivity contribution in [3.05, 3.63) is 83.5 Å². The zero-order valence-electron chi connectivity index (χ0n) is 19.3. The predicted octanol–water partition coefficient (Wildman–Crippen LogP) is 4.18. The van der Waals surface area contributed by atoms with Gasteiger partial charge in [0, 0.05) is 25.2 Å². The quantitative estimate of drug-likeness (QED) is 0.317. The van der Waals surface area contributed by atoms with E-state index < -0.39 is 11.7 Å². The van der Waals surface area contributed by atoms with Crippen LogP contribution in [0.5, 0.6) is 0 Å². The molecule has 0 fully saturated rings. The number of hydrogen-bond acceptors (Lipinski definition) is 5. The molecule has 178 valence electrons. The minimum atomic E-state index is -0.566. The zero-order valence-corrected chi connectivity index (χ0v) is 20.1. The van der Waals surface area contributed by atoms with Gasteiger partial charge in [-0.25, -0.2) is 4.39 Å². The highest BCUT2D eigenvalue weighted by molar-refractivity contribution is 7.99. The topological polar surface area (TPSA) is 88.9 Å². The summed E-state index contributed by atoms with van der Waals surface area (Å²) in [5, 5.41) is 14.7. The average Bonchev–Trinajstić information content (AvgIpc) is 3.21. The van der Waals surface area contributed by atoms with Crippen molar-refractivity contribution in [1.82, 2.24) is 20.1 Å². The molecule has 3 aromatic rings. The van der Waals surface area contributed by atoms with E-state index in [1.54, 1.807) is 12.1 Å². The molecule has 2 N–H and O–H groups in total. The summed E-state index contributed by atoms with van der Waals surface area (Å²) in [5.74, 6) is -0.355. The molecule has 9 heteroatoms. The molecule has 0 unspecified atom stereocenters. The van der Waals surface area contributed by atoms with E-state index in [0.29, 0.717) is 23.9 Å². The smallest absolute Gasteiger partial charge is 0.254 e. The normalized spacial score (nSPS) is 10.7. The van der Waals surface area contributed by atoms with Crippen LogP contribution in [-0.2, 0) is 24.2 Å². The van der Waals surface area contributed by atoms with E-state index >= 15 is 0 Å². The molecule has 0 aliphatic rings. The summed E-state index contributed by atoms with van der Waals surface area (Å²) >= 11 is 1.29. The maximum absolute atomic E-state index is 13.8. The Hall–Kier alpha value is -3.46. The van der Waals surface area contributed by atoms with Crippen molar-refractivity contribution < 1.29 is 14.0 Å². The summed E-state index contributed by atoms with van der Waals surface area (Å²) < 4.78 is 15.6. The van der Waals surface area contributed by atoms with E-state index in [4.69, 9.17) is 0 Å². The van der Waals surface area contributed by atoms with Gasteiger partial charge in [0.1, 0.15) is 11.6 Å². The second-order valence-electron chi connectivity index (χ2n) is 7.58. The summed E-state index contributed by atoms with van der Waals surface area (Å²) in [6, 6.07) is 11.8. The molecule has 0 saturated heterocycles. The van der Waals surface area contributed by atoms with Gasteiger partial charge >= 0.3 is 0 Å². The van der Waals surface area contributed by atoms with Gasteiger partial charge < -0.3 is 15.2 Å². The van der Waals surface area contributed by atoms with Gasteiger partial charge in [0.25, 0.3) is 5.91 Å². The zero-order chi connectivity index (χ0) is 24.5. The summed E-state index contributed by atoms with van der Waals surface area (Å²) in [4.78, 5) is 24.8. The van der Waals surface area contributed by atoms with E-state index in [0.717, 1.165) is 23.2 Å². The monoisotopic (exact) mass is 481 g/mol. The molecular weight excluding hydrogens is 453 g/mol. The molecule has 2 amide bonds. The molecule has 2 aromatic carbocycles. The van der Waals surface area contributed by atoms with E-state index in [1.807, 2.05) is 29.7 Å². The van der Waals surface area contributed by atoms with Gasteiger partial charge in [-0.3, -0.25) is 9.59 Å². The lowest BCUT2D eigenvalue weighted by Crippen LogP contribution is -2.27. The standard InChI is InChI=1S/C25H28FN5O2S/c1-4-15-31-21(13-14-27-24(33)19-11-6-7-12-20(19)26)29-30-25(31)34-16-22(32)28-23-17(3)9-8-10-18(23)5-2/h4,6-12H,1,5,13-16H2,2-3H3,(H,27,33)(H,28,32). The van der Waals surface area contributed by atoms with Crippen molar-refractivity contribution in [2.24, 2.45) is 0 Å². The first-order chi connectivity index (χ1) is 16.4. The van der Waals surface area contributed by atoms with Crippen LogP contribution in [0.1, 0.15) is 34.2 Å². The third-order valence-corrected chi connectivity index (χ3v) is 6.16. The van der Waals surface area contributed by atoms with Crippen molar-refractivity contribution in [2.45, 2.75) is 38.4 Å². The molecule has 1 heterocycles. The fourth-order valence-corrected chi connectivity index (χ4v) is 4.23. The van der Waals surface area contributed by atoms with Gasteiger partial charge in [-0.15, -0.1) is 16.8 Å². The van der Waals surface area contributed by atoms with Gasteiger partial charge in [-0.05, 0) is 36.6 Å². The number of halogens is 1. The van der Waals surface area contributed by atoms with Gasteiger partial charge in [0.05, 0.1) is 11.3 Å². The number of nitrogens with zero attached hydrogens (tertiary/aromatic N) is 3. The molecular formula is C25H28FN5O2S. The minimum Gasteiger partial charge on any atom is -0.351 e. The summed E-state index contributed by atoms with van der Waals surface area (Å²) in [5.41, 5.74) is 2.96. The number of carbonyl (C=O) groups excluding carboxylic acids is 2. The fourth-order valence-electron chi connectivity index (χ4n) is 3.46. The van der Waals surface area contributed by atoms with Crippen molar-refractivity contribution in [1.29, 1.82) is 0 Å². The summed E-state index contributed by atoms with van der Waals surface area (Å²) in [6.07, 6.45) is 2.95. The first-order valence-corrected chi connectivity index (χ1v) is 12.0. The lowest BCUT2D eigenvalue weighted by atomic mass is 10.1. The third-order valence-electron chi connectivity index (χ3n) is 5.19. The van der Waals surface area contributed by atoms with E-state index in [1.165, 1.54) is 30.0 Å². The summed E-state index contributed by atoms with van der Waals surface area (Å²) in [6.45, 7) is 8.53. The number of allylic oxidation sites excluding steroid dienone is 1. The minimum absolute atomic E-state index is 0.00259. The highest BCUT2D eigenvalue weighted by Gasteiger charge is 2.16. The van der Waals surface area contributed by atoms with Gasteiger partial charge in [0.2, 0.25) is 5.91 Å². The number of thioether (sulfide) groups is 1. The van der Waals surface area contributed by atoms with Crippen LogP contribution in [-0.4, -0.2) is 38.9 Å². The number of hydrogen-bond donors (Lipinski definition) is 2. The van der Waals surface area contributed by atoms with E-state index in [2.05, 4.69) is 34.3 Å². The first kappa shape index (κ1) is 25.2. The highest BCUT2D eigenvalue weighted by atomic mass is 32.2. The second kappa shape index (κ2) is 12.1. The third kappa shape index (κ3) is 6.32. The molecule has 0 saturated carbocycles. The lowest BCUT2D eigenvalue weighted by Gasteiger charge is -2.13. The van der Waals surface area contributed by atoms with Crippen molar-refractivity contribution >= 4 is 29.3 Å². The maximum atomic E-state index is 13.8. The molecule has 34 heavy (non-hydrogen) atoms. The van der Waals surface area contributed by atoms with Crippen LogP contribution in [0.25, 0.3) is 0 Å². The van der Waals surface area contributed by atoms with Gasteiger partial charge in [-0.1, -0.05) is 55.1 Å². The number of nitrogens with one attached hydrogen (secondary N) is 2. The molecule has 0 radical (unpaired) electrons. The molecule has 3 rings (SSSR count). The van der Waals surface area contributed by atoms with Crippen LogP contribution >= 0.6 is 11.8 Å². The van der Waals surface area contributed by atoms with Crippen molar-refractivity contribution in [3.63, 3.8) is 0 Å². The Bertz CT molecular complexity index is 1180. The van der Waals surface area contributed by atoms with Crippen LogP contribution in [0.3, 0.4) is 0 Å². The van der Waals surface area contributed by atoms with Crippen LogP contribution in [0.4, 0.5) is 10.1 Å². The number of carbonyl (C=O) groups is 2. The van der Waals surface area contributed by atoms with E-state index in [9.17, 15) is 14.0 Å². The second-order valence-corrected chi connectivity index (χ2v) is 8.53. The Kier molecular flexibility index (Phi) is 8.98. The van der Waals surface area contributed by atoms with Crippen LogP contribution in [0.2, 0.25) is 0 Å². The Balaban J connectivity index is 1.59. The molecule has 0 aliphatic heterocycles. The van der Waals surface area contributed by atoms with Crippen LogP contribution < -0.4 is 10.6 Å². The predicted molar refractivity (Wildman–Crippen MR) is 133 cm³/mol. The molecule has 0 spiro atoms. The summed E-state index contributed by atoms with van der Waals surface area (Å²) in [7, 11) is 0. The number of benzene rings is 2. The lowest BCUT2D eigenvalue weighted by molar-refractivity contribution is -0.113. The van der Waals surface area contributed by atoms with Gasteiger partial charge in [0.15, 0.2) is 5.16 Å². The molecule has 1 aromatic heterocycles. The molecule has 7 nitrogen and oxygen atoms in total. The Morgan fingerprint density at radius 3 is 2.71 bits per heavy atom. The Labute approximate surface area is 202 Å². The molecule has 0 aliphatic carbocycles. The average molecular weight is 482 g/mol. The number of aromatic nitrogens is 3. The Morgan fingerprint density at radius 2 is 1.97 bits per heavy atom. The van der Waals surface area contributed by atoms with Crippen LogP contribution in [0, 0.1) is 12.7 Å². The highest BCUT2D eigenvalue weighted by Crippen LogP contribution is 2.23. The SMILES string of the molecule is C=CCn1c(CCNC(=O)c2ccccc2F)nnc1SCC(=O)Nc1c(C)cccc1CC. The van der Waals surface area contributed by atoms with E-state index in [-0.39, 0.29) is 23.8 Å². The van der Waals surface area contributed by atoms with Gasteiger partial charge in [-0.2, -0.15) is 0 Å². The number of para-hydroxylation sites is 1. The first-order valence-electron chi connectivity index (χ1n) is 11.0. The number of rotatable bonds is 11. The number of aryl methyl sites for hydroxylation is 2. The fraction of sp³-hybridized carbons (Fsp3) is 0.280. The Morgan fingerprint density at radius 1 is 1.18 bits per heavy atom. The van der Waals surface area contributed by atoms with Crippen LogP contribution in [0.15, 0.2) is 60.3 Å². The van der Waals surface area contributed by atoms with Crippen molar-refractivity contribution in [3.8, 4) is 0 Å². The number of anilines is 1. The largest absolute Gasteiger partial charge is 0.351 e. The maximum Gasteiger partial charge on any atom is 0.254 e.